The van der Waals surface area contributed by atoms with Crippen molar-refractivity contribution in [3.63, 3.8) is 0 Å². The van der Waals surface area contributed by atoms with Gasteiger partial charge in [-0.15, -0.1) is 0 Å². The Bertz CT molecular complexity index is 2950. The monoisotopic (exact) mass is 679 g/mol. The maximum atomic E-state index is 6.47. The van der Waals surface area contributed by atoms with Crippen LogP contribution in [0.2, 0.25) is 0 Å². The highest BCUT2D eigenvalue weighted by Gasteiger charge is 2.28. The lowest BCUT2D eigenvalue weighted by Gasteiger charge is -2.21. The van der Waals surface area contributed by atoms with Crippen LogP contribution in [0.15, 0.2) is 176 Å². The molecule has 11 rings (SSSR count). The van der Waals surface area contributed by atoms with E-state index in [1.54, 1.807) is 0 Å². The minimum Gasteiger partial charge on any atom is -0.453 e. The lowest BCUT2D eigenvalue weighted by molar-refractivity contribution is 0.476. The molecule has 1 aliphatic rings. The summed E-state index contributed by atoms with van der Waals surface area (Å²) in [6.07, 6.45) is 0. The largest absolute Gasteiger partial charge is 0.453 e. The number of benzene rings is 7. The van der Waals surface area contributed by atoms with Crippen molar-refractivity contribution in [3.8, 4) is 68.2 Å². The third-order valence-electron chi connectivity index (χ3n) is 10.2. The Morgan fingerprint density at radius 3 is 1.62 bits per heavy atom. The zero-order chi connectivity index (χ0) is 34.9. The molecule has 248 valence electrons. The van der Waals surface area contributed by atoms with Gasteiger partial charge in [-0.05, 0) is 53.6 Å². The molecule has 0 atom stereocenters. The lowest BCUT2D eigenvalue weighted by atomic mass is 10.0. The summed E-state index contributed by atoms with van der Waals surface area (Å²) in [5.41, 5.74) is 10.6. The number of nitrogens with zero attached hydrogens (tertiary/aromatic N) is 5. The van der Waals surface area contributed by atoms with Crippen LogP contribution in [-0.2, 0) is 0 Å². The van der Waals surface area contributed by atoms with Gasteiger partial charge in [-0.2, -0.15) is 0 Å². The summed E-state index contributed by atoms with van der Waals surface area (Å²) < 4.78 is 11.2. The van der Waals surface area contributed by atoms with Gasteiger partial charge in [0.1, 0.15) is 5.65 Å². The van der Waals surface area contributed by atoms with E-state index in [9.17, 15) is 0 Å². The standard InChI is InChI=1S/C47H29N5O/c1-4-13-31(14-5-1)44-48-45(32-15-6-2-7-16-32)50-46(49-44)33-25-23-30(24-26-33)34-27-28-38-37(29-34)42-36-19-12-22-41-43(36)52(39-20-10-11-21-40(39)53-41)47(42)51(38)35-17-8-3-9-18-35/h1-29H. The minimum atomic E-state index is 0.637. The van der Waals surface area contributed by atoms with E-state index < -0.39 is 0 Å². The summed E-state index contributed by atoms with van der Waals surface area (Å²) in [5.74, 6) is 3.64. The molecule has 10 aromatic rings. The molecule has 6 heteroatoms. The summed E-state index contributed by atoms with van der Waals surface area (Å²) in [7, 11) is 0. The first kappa shape index (κ1) is 29.4. The maximum Gasteiger partial charge on any atom is 0.164 e. The second-order valence-electron chi connectivity index (χ2n) is 13.3. The zero-order valence-electron chi connectivity index (χ0n) is 28.4. The van der Waals surface area contributed by atoms with Gasteiger partial charge in [-0.3, -0.25) is 9.13 Å². The zero-order valence-corrected chi connectivity index (χ0v) is 28.4. The SMILES string of the molecule is c1ccc(-c2nc(-c3ccccc3)nc(-c3ccc(-c4ccc5c(c4)c4c6cccc7c6n(c4n5-c4ccccc4)-c4ccccc4O7)cc3)n2)cc1. The lowest BCUT2D eigenvalue weighted by Crippen LogP contribution is -2.06. The Morgan fingerprint density at radius 2 is 0.943 bits per heavy atom. The van der Waals surface area contributed by atoms with Gasteiger partial charge in [-0.1, -0.05) is 133 Å². The molecule has 0 unspecified atom stereocenters. The van der Waals surface area contributed by atoms with Crippen LogP contribution >= 0.6 is 0 Å². The Labute approximate surface area is 304 Å². The first-order chi connectivity index (χ1) is 26.3. The molecular weight excluding hydrogens is 651 g/mol. The Hall–Kier alpha value is -7.31. The van der Waals surface area contributed by atoms with E-state index in [2.05, 4.69) is 112 Å². The molecule has 1 aliphatic heterocycles. The first-order valence-corrected chi connectivity index (χ1v) is 17.7. The second kappa shape index (κ2) is 11.6. The van der Waals surface area contributed by atoms with Crippen LogP contribution < -0.4 is 4.74 Å². The molecule has 7 aromatic carbocycles. The summed E-state index contributed by atoms with van der Waals surface area (Å²) in [6, 6.07) is 60.8. The molecule has 0 saturated heterocycles. The van der Waals surface area contributed by atoms with Crippen LogP contribution in [0, 0.1) is 0 Å². The van der Waals surface area contributed by atoms with Crippen molar-refractivity contribution in [2.24, 2.45) is 0 Å². The minimum absolute atomic E-state index is 0.637. The Morgan fingerprint density at radius 1 is 0.396 bits per heavy atom. The van der Waals surface area contributed by atoms with Crippen molar-refractivity contribution in [2.45, 2.75) is 0 Å². The average molecular weight is 680 g/mol. The molecule has 0 saturated carbocycles. The molecule has 3 aromatic heterocycles. The van der Waals surface area contributed by atoms with Gasteiger partial charge in [-0.25, -0.2) is 15.0 Å². The smallest absolute Gasteiger partial charge is 0.164 e. The maximum absolute atomic E-state index is 6.47. The molecule has 0 spiro atoms. The molecule has 0 fully saturated rings. The highest BCUT2D eigenvalue weighted by atomic mass is 16.5. The molecular formula is C47H29N5O. The highest BCUT2D eigenvalue weighted by Crippen LogP contribution is 2.49. The number of ether oxygens (including phenoxy) is 1. The normalized spacial score (nSPS) is 11.9. The van der Waals surface area contributed by atoms with Gasteiger partial charge in [0.25, 0.3) is 0 Å². The third-order valence-corrected chi connectivity index (χ3v) is 10.2. The van der Waals surface area contributed by atoms with E-state index in [4.69, 9.17) is 19.7 Å². The summed E-state index contributed by atoms with van der Waals surface area (Å²) in [6.45, 7) is 0. The van der Waals surface area contributed by atoms with Crippen molar-refractivity contribution >= 4 is 32.8 Å². The molecule has 0 bridgehead atoms. The van der Waals surface area contributed by atoms with Gasteiger partial charge in [0, 0.05) is 38.5 Å². The number of para-hydroxylation sites is 4. The van der Waals surface area contributed by atoms with E-state index in [0.717, 1.165) is 72.8 Å². The number of hydrogen-bond acceptors (Lipinski definition) is 4. The third kappa shape index (κ3) is 4.63. The van der Waals surface area contributed by atoms with Crippen molar-refractivity contribution in [1.29, 1.82) is 0 Å². The van der Waals surface area contributed by atoms with Crippen LogP contribution in [0.25, 0.3) is 89.5 Å². The molecule has 6 nitrogen and oxygen atoms in total. The number of fused-ring (bicyclic) bond motifs is 7. The summed E-state index contributed by atoms with van der Waals surface area (Å²) in [5, 5.41) is 3.55. The first-order valence-electron chi connectivity index (χ1n) is 17.7. The predicted octanol–water partition coefficient (Wildman–Crippen LogP) is 11.7. The average Bonchev–Trinajstić information content (AvgIpc) is 3.75. The topological polar surface area (TPSA) is 57.8 Å². The molecule has 53 heavy (non-hydrogen) atoms. The van der Waals surface area contributed by atoms with Gasteiger partial charge in [0.15, 0.2) is 29.0 Å². The van der Waals surface area contributed by atoms with Crippen LogP contribution in [-0.4, -0.2) is 24.1 Å². The van der Waals surface area contributed by atoms with Crippen molar-refractivity contribution in [2.75, 3.05) is 0 Å². The van der Waals surface area contributed by atoms with Crippen LogP contribution in [0.5, 0.6) is 11.5 Å². The summed E-state index contributed by atoms with van der Waals surface area (Å²) in [4.78, 5) is 14.7. The van der Waals surface area contributed by atoms with Crippen molar-refractivity contribution in [1.82, 2.24) is 24.1 Å². The van der Waals surface area contributed by atoms with Gasteiger partial charge in [0.05, 0.1) is 16.7 Å². The fraction of sp³-hybridized carbons (Fsp3) is 0. The van der Waals surface area contributed by atoms with Crippen molar-refractivity contribution < 1.29 is 4.74 Å². The Kier molecular flexibility index (Phi) is 6.45. The summed E-state index contributed by atoms with van der Waals surface area (Å²) >= 11 is 0. The van der Waals surface area contributed by atoms with Crippen molar-refractivity contribution in [3.05, 3.63) is 176 Å². The highest BCUT2D eigenvalue weighted by molar-refractivity contribution is 6.24. The van der Waals surface area contributed by atoms with Gasteiger partial charge < -0.3 is 4.74 Å². The van der Waals surface area contributed by atoms with Gasteiger partial charge in [0.2, 0.25) is 0 Å². The van der Waals surface area contributed by atoms with Gasteiger partial charge >= 0.3 is 0 Å². The second-order valence-corrected chi connectivity index (χ2v) is 13.3. The fourth-order valence-electron chi connectivity index (χ4n) is 7.75. The van der Waals surface area contributed by atoms with Crippen LogP contribution in [0.4, 0.5) is 0 Å². The quantitative estimate of drug-likeness (QED) is 0.182. The number of hydrogen-bond donors (Lipinski definition) is 0. The van der Waals surface area contributed by atoms with E-state index in [1.165, 1.54) is 10.8 Å². The fourth-order valence-corrected chi connectivity index (χ4v) is 7.75. The van der Waals surface area contributed by atoms with E-state index in [-0.39, 0.29) is 0 Å². The molecule has 0 radical (unpaired) electrons. The van der Waals surface area contributed by atoms with E-state index >= 15 is 0 Å². The molecule has 4 heterocycles. The Balaban J connectivity index is 1.08. The molecule has 0 N–H and O–H groups in total. The van der Waals surface area contributed by atoms with Crippen LogP contribution in [0.3, 0.4) is 0 Å². The molecule has 0 aliphatic carbocycles. The number of aromatic nitrogens is 5. The van der Waals surface area contributed by atoms with E-state index in [0.29, 0.717) is 17.5 Å². The van der Waals surface area contributed by atoms with Crippen LogP contribution in [0.1, 0.15) is 0 Å². The molecule has 0 amide bonds. The number of rotatable bonds is 5. The predicted molar refractivity (Wildman–Crippen MR) is 213 cm³/mol. The van der Waals surface area contributed by atoms with E-state index in [1.807, 2.05) is 72.8 Å².